The van der Waals surface area contributed by atoms with Crippen LogP contribution in [0.3, 0.4) is 0 Å². The number of phosphoric ester groups is 1. The first-order valence-corrected chi connectivity index (χ1v) is 41.5. The van der Waals surface area contributed by atoms with E-state index in [1.807, 2.05) is 27.2 Å². The predicted molar refractivity (Wildman–Crippen MR) is 388 cm³/mol. The van der Waals surface area contributed by atoms with Crippen molar-refractivity contribution in [2.24, 2.45) is 0 Å². The molecule has 0 aliphatic heterocycles. The molecule has 2 N–H and O–H groups in total. The van der Waals surface area contributed by atoms with E-state index in [0.29, 0.717) is 23.9 Å². The van der Waals surface area contributed by atoms with Gasteiger partial charge in [0.1, 0.15) is 19.3 Å². The van der Waals surface area contributed by atoms with E-state index in [1.165, 1.54) is 340 Å². The number of amides is 1. The van der Waals surface area contributed by atoms with Gasteiger partial charge in [-0.2, -0.15) is 0 Å². The van der Waals surface area contributed by atoms with Crippen LogP contribution in [-0.2, 0) is 27.9 Å². The molecule has 0 radical (unpaired) electrons. The normalized spacial score (nSPS) is 13.4. The molecular formula is C79H158N2O7P+. The second-order valence-electron chi connectivity index (χ2n) is 29.0. The van der Waals surface area contributed by atoms with Crippen molar-refractivity contribution in [3.63, 3.8) is 0 Å². The summed E-state index contributed by atoms with van der Waals surface area (Å²) in [5.41, 5.74) is 0. The van der Waals surface area contributed by atoms with Crippen molar-refractivity contribution in [2.75, 3.05) is 40.9 Å². The molecule has 9 nitrogen and oxygen atoms in total. The van der Waals surface area contributed by atoms with Crippen LogP contribution in [0.25, 0.3) is 0 Å². The molecule has 1 amide bonds. The fourth-order valence-electron chi connectivity index (χ4n) is 12.6. The van der Waals surface area contributed by atoms with Gasteiger partial charge < -0.3 is 19.4 Å². The van der Waals surface area contributed by atoms with E-state index < -0.39 is 20.0 Å². The Labute approximate surface area is 556 Å². The highest BCUT2D eigenvalue weighted by molar-refractivity contribution is 7.47. The first-order valence-electron chi connectivity index (χ1n) is 40.0. The maximum Gasteiger partial charge on any atom is 0.472 e. The number of nitrogens with one attached hydrogen (secondary N) is 1. The Morgan fingerprint density at radius 1 is 0.382 bits per heavy atom. The minimum atomic E-state index is -4.45. The second kappa shape index (κ2) is 69.6. The second-order valence-corrected chi connectivity index (χ2v) is 30.4. The molecule has 530 valence electrons. The molecule has 0 bridgehead atoms. The molecule has 10 heteroatoms. The molecule has 0 rings (SSSR count). The summed E-state index contributed by atoms with van der Waals surface area (Å²) in [5.74, 6) is -0.472. The number of carbonyl (C=O) groups excluding carboxylic acids is 2. The van der Waals surface area contributed by atoms with E-state index in [1.54, 1.807) is 0 Å². The van der Waals surface area contributed by atoms with Crippen LogP contribution in [0.1, 0.15) is 432 Å². The van der Waals surface area contributed by atoms with Crippen LogP contribution >= 0.6 is 7.82 Å². The molecule has 3 unspecified atom stereocenters. The highest BCUT2D eigenvalue weighted by Gasteiger charge is 2.30. The Morgan fingerprint density at radius 2 is 0.640 bits per heavy atom. The first-order chi connectivity index (χ1) is 43.4. The van der Waals surface area contributed by atoms with Gasteiger partial charge in [0.2, 0.25) is 5.91 Å². The molecule has 0 saturated heterocycles. The summed E-state index contributed by atoms with van der Waals surface area (Å²) in [6.45, 7) is 7.12. The zero-order chi connectivity index (χ0) is 64.9. The summed E-state index contributed by atoms with van der Waals surface area (Å²) in [6.07, 6.45) is 85.4. The van der Waals surface area contributed by atoms with E-state index in [-0.39, 0.29) is 25.1 Å². The molecule has 0 fully saturated rings. The number of likely N-dealkylation sites (N-methyl/N-ethyl adjacent to an activating group) is 1. The summed E-state index contributed by atoms with van der Waals surface area (Å²) in [7, 11) is 1.53. The van der Waals surface area contributed by atoms with Crippen LogP contribution in [0, 0.1) is 0 Å². The van der Waals surface area contributed by atoms with Crippen molar-refractivity contribution >= 4 is 19.7 Å². The minimum absolute atomic E-state index is 0.0464. The van der Waals surface area contributed by atoms with Crippen LogP contribution in [0.15, 0.2) is 12.2 Å². The fraction of sp³-hybridized carbons (Fsp3) is 0.949. The number of allylic oxidation sites excluding steroid dienone is 1. The van der Waals surface area contributed by atoms with Gasteiger partial charge in [-0.3, -0.25) is 18.6 Å². The summed E-state index contributed by atoms with van der Waals surface area (Å²) in [6, 6.07) is -0.842. The number of ether oxygens (including phenoxy) is 1. The Morgan fingerprint density at radius 3 is 0.921 bits per heavy atom. The molecule has 0 aromatic heterocycles. The number of unbranched alkanes of at least 4 members (excludes halogenated alkanes) is 59. The predicted octanol–water partition coefficient (Wildman–Crippen LogP) is 25.8. The van der Waals surface area contributed by atoms with Crippen molar-refractivity contribution in [3.05, 3.63) is 12.2 Å². The van der Waals surface area contributed by atoms with E-state index in [9.17, 15) is 19.0 Å². The van der Waals surface area contributed by atoms with Gasteiger partial charge in [0.15, 0.2) is 0 Å². The van der Waals surface area contributed by atoms with E-state index in [2.05, 4.69) is 32.2 Å². The fourth-order valence-corrected chi connectivity index (χ4v) is 13.3. The maximum absolute atomic E-state index is 13.7. The lowest BCUT2D eigenvalue weighted by Gasteiger charge is -2.27. The lowest BCUT2D eigenvalue weighted by atomic mass is 10.0. The van der Waals surface area contributed by atoms with Gasteiger partial charge in [-0.05, 0) is 31.8 Å². The van der Waals surface area contributed by atoms with Gasteiger partial charge in [-0.1, -0.05) is 399 Å². The molecule has 3 atom stereocenters. The largest absolute Gasteiger partial charge is 0.472 e. The van der Waals surface area contributed by atoms with E-state index in [4.69, 9.17) is 13.8 Å². The first kappa shape index (κ1) is 87.8. The van der Waals surface area contributed by atoms with Gasteiger partial charge >= 0.3 is 13.8 Å². The molecule has 0 spiro atoms. The zero-order valence-corrected chi connectivity index (χ0v) is 61.9. The number of hydrogen-bond acceptors (Lipinski definition) is 6. The van der Waals surface area contributed by atoms with Crippen LogP contribution in [0.2, 0.25) is 0 Å². The molecule has 0 heterocycles. The van der Waals surface area contributed by atoms with Crippen molar-refractivity contribution < 1.29 is 37.3 Å². The topological polar surface area (TPSA) is 111 Å². The highest BCUT2D eigenvalue weighted by atomic mass is 31.2. The molecule has 0 aromatic rings. The molecule has 0 aromatic carbocycles. The SMILES string of the molecule is CCCCCCCCCCCCC/C=C/C(OC(=O)CCCCCCCCCCCCCCCCCCCCCCCCCCCCC)C(COP(=O)(O)OCC[N+](C)(C)C)NC(=O)CCCCCCCCCCCCCCCCCCCCCCCCC. The summed E-state index contributed by atoms with van der Waals surface area (Å²) >= 11 is 0. The molecule has 89 heavy (non-hydrogen) atoms. The number of carbonyl (C=O) groups is 2. The number of phosphoric acid groups is 1. The number of rotatable bonds is 75. The average Bonchev–Trinajstić information content (AvgIpc) is 3.64. The Kier molecular flexibility index (Phi) is 68.6. The Hall–Kier alpha value is -1.25. The number of nitrogens with zero attached hydrogens (tertiary/aromatic N) is 1. The third-order valence-electron chi connectivity index (χ3n) is 18.7. The Balaban J connectivity index is 4.91. The number of hydrogen-bond donors (Lipinski definition) is 2. The molecule has 0 aliphatic rings. The summed E-state index contributed by atoms with van der Waals surface area (Å²) < 4.78 is 31.0. The van der Waals surface area contributed by atoms with Crippen molar-refractivity contribution in [1.82, 2.24) is 5.32 Å². The summed E-state index contributed by atoms with van der Waals surface area (Å²) in [5, 5.41) is 3.09. The highest BCUT2D eigenvalue weighted by Crippen LogP contribution is 2.43. The number of quaternary nitrogens is 1. The maximum atomic E-state index is 13.7. The smallest absolute Gasteiger partial charge is 0.456 e. The van der Waals surface area contributed by atoms with E-state index in [0.717, 1.165) is 57.8 Å². The third-order valence-corrected chi connectivity index (χ3v) is 19.7. The standard InChI is InChI=1S/C79H157N2O7P/c1-7-10-13-16-19-22-25-28-30-32-34-36-38-39-40-41-43-45-47-49-51-54-57-60-63-66-69-72-79(83)88-77(70-67-64-61-58-55-52-27-24-21-18-15-12-9-3)76(75-87-89(84,85)86-74-73-81(4,5)6)80-78(82)71-68-65-62-59-56-53-50-48-46-44-42-37-35-33-31-29-26-23-20-17-14-11-8-2/h67,70,76-77H,7-66,68-69,71-75H2,1-6H3,(H-,80,82,84,85)/p+1/b70-67+. The summed E-state index contributed by atoms with van der Waals surface area (Å²) in [4.78, 5) is 38.0. The van der Waals surface area contributed by atoms with Gasteiger partial charge in [0.25, 0.3) is 0 Å². The third kappa shape index (κ3) is 70.9. The van der Waals surface area contributed by atoms with Crippen molar-refractivity contribution in [3.8, 4) is 0 Å². The molecular weight excluding hydrogens is 1120 g/mol. The molecule has 0 saturated carbocycles. The van der Waals surface area contributed by atoms with Crippen molar-refractivity contribution in [2.45, 2.75) is 444 Å². The van der Waals surface area contributed by atoms with Gasteiger partial charge in [0.05, 0.1) is 33.8 Å². The molecule has 0 aliphatic carbocycles. The van der Waals surface area contributed by atoms with Crippen LogP contribution < -0.4 is 5.32 Å². The lowest BCUT2D eigenvalue weighted by Crippen LogP contribution is -2.47. The van der Waals surface area contributed by atoms with Crippen LogP contribution in [0.4, 0.5) is 0 Å². The van der Waals surface area contributed by atoms with E-state index >= 15 is 0 Å². The van der Waals surface area contributed by atoms with Crippen LogP contribution in [0.5, 0.6) is 0 Å². The average molecular weight is 1280 g/mol. The van der Waals surface area contributed by atoms with Crippen molar-refractivity contribution in [1.29, 1.82) is 0 Å². The monoisotopic (exact) mass is 1280 g/mol. The quantitative estimate of drug-likeness (QED) is 0.0205. The Bertz CT molecular complexity index is 1520. The van der Waals surface area contributed by atoms with Gasteiger partial charge in [-0.25, -0.2) is 4.57 Å². The minimum Gasteiger partial charge on any atom is -0.456 e. The van der Waals surface area contributed by atoms with Gasteiger partial charge in [0, 0.05) is 12.8 Å². The zero-order valence-electron chi connectivity index (χ0n) is 61.0. The van der Waals surface area contributed by atoms with Gasteiger partial charge in [-0.15, -0.1) is 0 Å². The van der Waals surface area contributed by atoms with Crippen LogP contribution in [-0.4, -0.2) is 74.3 Å². The lowest BCUT2D eigenvalue weighted by molar-refractivity contribution is -0.870. The number of esters is 1.